The Morgan fingerprint density at radius 1 is 0.667 bits per heavy atom. The maximum absolute atomic E-state index is 2.35. The first kappa shape index (κ1) is 19.4. The topological polar surface area (TPSA) is 3.88 Å². The average molecular weight is 359 g/mol. The van der Waals surface area contributed by atoms with Crippen molar-refractivity contribution < 1.29 is 4.57 Å². The summed E-state index contributed by atoms with van der Waals surface area (Å²) in [5.74, 6) is 0. The van der Waals surface area contributed by atoms with Gasteiger partial charge in [0.2, 0.25) is 5.69 Å². The van der Waals surface area contributed by atoms with E-state index in [1.165, 1.54) is 50.2 Å². The molecule has 1 heteroatoms. The fourth-order valence-electron chi connectivity index (χ4n) is 3.87. The first-order valence-electron chi connectivity index (χ1n) is 9.77. The third-order valence-electron chi connectivity index (χ3n) is 5.51. The van der Waals surface area contributed by atoms with E-state index < -0.39 is 0 Å². The second kappa shape index (κ2) is 6.96. The lowest BCUT2D eigenvalue weighted by molar-refractivity contribution is -0.660. The number of aryl methyl sites for hydroxylation is 5. The molecule has 0 amide bonds. The van der Waals surface area contributed by atoms with Crippen LogP contribution in [0.5, 0.6) is 0 Å². The van der Waals surface area contributed by atoms with Gasteiger partial charge < -0.3 is 0 Å². The van der Waals surface area contributed by atoms with E-state index >= 15 is 0 Å². The Kier molecular flexibility index (Phi) is 4.99. The van der Waals surface area contributed by atoms with E-state index in [4.69, 9.17) is 0 Å². The Balaban J connectivity index is 2.18. The van der Waals surface area contributed by atoms with Crippen molar-refractivity contribution >= 4 is 0 Å². The minimum absolute atomic E-state index is 0.170. The molecule has 0 aliphatic heterocycles. The molecule has 0 saturated heterocycles. The first-order valence-corrected chi connectivity index (χ1v) is 9.77. The van der Waals surface area contributed by atoms with Gasteiger partial charge in [-0.2, -0.15) is 0 Å². The largest absolute Gasteiger partial charge is 0.213 e. The van der Waals surface area contributed by atoms with Crippen molar-refractivity contribution in [3.05, 3.63) is 76.5 Å². The predicted molar refractivity (Wildman–Crippen MR) is 116 cm³/mol. The summed E-state index contributed by atoms with van der Waals surface area (Å²) < 4.78 is 2.25. The molecule has 27 heavy (non-hydrogen) atoms. The van der Waals surface area contributed by atoms with Crippen LogP contribution in [0.1, 0.15) is 48.6 Å². The molecule has 0 fully saturated rings. The number of pyridine rings is 1. The second-order valence-corrected chi connectivity index (χ2v) is 8.96. The zero-order valence-corrected chi connectivity index (χ0v) is 18.1. The van der Waals surface area contributed by atoms with Gasteiger partial charge in [-0.1, -0.05) is 56.7 Å². The summed E-state index contributed by atoms with van der Waals surface area (Å²) in [6, 6.07) is 16.0. The molecule has 0 aliphatic rings. The third kappa shape index (κ3) is 3.83. The summed E-state index contributed by atoms with van der Waals surface area (Å²) in [7, 11) is 2.14. The van der Waals surface area contributed by atoms with Crippen LogP contribution in [0.3, 0.4) is 0 Å². The smallest absolute Gasteiger partial charge is 0.201 e. The maximum Gasteiger partial charge on any atom is 0.213 e. The van der Waals surface area contributed by atoms with Gasteiger partial charge in [-0.3, -0.25) is 0 Å². The second-order valence-electron chi connectivity index (χ2n) is 8.96. The SMILES string of the molecule is Cc1ccc(-c2cc(-c3ccc(C(C)(C)C)cc3C)[n+](C)cc2C)c(C)c1. The Hall–Kier alpha value is -2.41. The average Bonchev–Trinajstić information content (AvgIpc) is 2.55. The monoisotopic (exact) mass is 358 g/mol. The minimum Gasteiger partial charge on any atom is -0.201 e. The highest BCUT2D eigenvalue weighted by molar-refractivity contribution is 5.75. The lowest BCUT2D eigenvalue weighted by atomic mass is 9.85. The summed E-state index contributed by atoms with van der Waals surface area (Å²) in [5, 5.41) is 0. The highest BCUT2D eigenvalue weighted by Gasteiger charge is 2.20. The number of hydrogen-bond donors (Lipinski definition) is 0. The first-order chi connectivity index (χ1) is 12.6. The van der Waals surface area contributed by atoms with Gasteiger partial charge in [0.1, 0.15) is 7.05 Å². The molecule has 0 atom stereocenters. The molecule has 0 bridgehead atoms. The van der Waals surface area contributed by atoms with E-state index in [0.717, 1.165) is 0 Å². The van der Waals surface area contributed by atoms with E-state index in [1.54, 1.807) is 0 Å². The maximum atomic E-state index is 2.35. The van der Waals surface area contributed by atoms with E-state index in [9.17, 15) is 0 Å². The zero-order chi connectivity index (χ0) is 19.9. The lowest BCUT2D eigenvalue weighted by Gasteiger charge is -2.20. The highest BCUT2D eigenvalue weighted by Crippen LogP contribution is 2.32. The van der Waals surface area contributed by atoms with Crippen molar-refractivity contribution in [3.8, 4) is 22.4 Å². The standard InChI is InChI=1S/C26H32N/c1-17-9-11-22(18(2)13-17)24-15-25(27(8)16-20(24)4)23-12-10-21(14-19(23)3)26(5,6)7/h9-16H,1-8H3/q+1. The Morgan fingerprint density at radius 2 is 1.30 bits per heavy atom. The summed E-state index contributed by atoms with van der Waals surface area (Å²) in [6.07, 6.45) is 2.25. The van der Waals surface area contributed by atoms with Crippen molar-refractivity contribution in [2.75, 3.05) is 0 Å². The van der Waals surface area contributed by atoms with Gasteiger partial charge in [0.05, 0.1) is 0 Å². The van der Waals surface area contributed by atoms with Crippen LogP contribution in [0.25, 0.3) is 22.4 Å². The number of aromatic nitrogens is 1. The minimum atomic E-state index is 0.170. The fourth-order valence-corrected chi connectivity index (χ4v) is 3.87. The lowest BCUT2D eigenvalue weighted by Crippen LogP contribution is -2.31. The van der Waals surface area contributed by atoms with Gasteiger partial charge >= 0.3 is 0 Å². The third-order valence-corrected chi connectivity index (χ3v) is 5.51. The van der Waals surface area contributed by atoms with Crippen molar-refractivity contribution in [1.82, 2.24) is 0 Å². The molecule has 0 unspecified atom stereocenters. The number of benzene rings is 2. The van der Waals surface area contributed by atoms with Crippen LogP contribution in [-0.2, 0) is 12.5 Å². The number of hydrogen-bond acceptors (Lipinski definition) is 0. The molecule has 1 heterocycles. The summed E-state index contributed by atoms with van der Waals surface area (Å²) in [6.45, 7) is 15.6. The molecule has 0 saturated carbocycles. The molecule has 2 aromatic carbocycles. The van der Waals surface area contributed by atoms with Gasteiger partial charge in [-0.15, -0.1) is 0 Å². The molecular weight excluding hydrogens is 326 g/mol. The molecule has 3 aromatic rings. The summed E-state index contributed by atoms with van der Waals surface area (Å²) >= 11 is 0. The van der Waals surface area contributed by atoms with E-state index in [-0.39, 0.29) is 5.41 Å². The molecule has 140 valence electrons. The Labute approximate surface area is 164 Å². The van der Waals surface area contributed by atoms with Gasteiger partial charge in [0.15, 0.2) is 6.20 Å². The van der Waals surface area contributed by atoms with Gasteiger partial charge in [-0.05, 0) is 67.0 Å². The van der Waals surface area contributed by atoms with Crippen LogP contribution in [0.15, 0.2) is 48.7 Å². The van der Waals surface area contributed by atoms with Crippen LogP contribution in [0, 0.1) is 27.7 Å². The molecule has 1 nitrogen and oxygen atoms in total. The number of nitrogens with zero attached hydrogens (tertiary/aromatic N) is 1. The van der Waals surface area contributed by atoms with Crippen LogP contribution < -0.4 is 4.57 Å². The predicted octanol–water partition coefficient (Wildman–Crippen LogP) is 6.38. The van der Waals surface area contributed by atoms with Gasteiger partial charge in [-0.25, -0.2) is 4.57 Å². The quantitative estimate of drug-likeness (QED) is 0.468. The normalized spacial score (nSPS) is 11.7. The fraction of sp³-hybridized carbons (Fsp3) is 0.346. The Morgan fingerprint density at radius 3 is 1.89 bits per heavy atom. The van der Waals surface area contributed by atoms with Gasteiger partial charge in [0.25, 0.3) is 0 Å². The number of rotatable bonds is 2. The summed E-state index contributed by atoms with van der Waals surface area (Å²) in [4.78, 5) is 0. The molecule has 0 spiro atoms. The molecule has 0 aliphatic carbocycles. The molecule has 0 radical (unpaired) electrons. The summed E-state index contributed by atoms with van der Waals surface area (Å²) in [5.41, 5.74) is 12.0. The zero-order valence-electron chi connectivity index (χ0n) is 18.1. The van der Waals surface area contributed by atoms with Crippen molar-refractivity contribution in [1.29, 1.82) is 0 Å². The van der Waals surface area contributed by atoms with Crippen molar-refractivity contribution in [3.63, 3.8) is 0 Å². The van der Waals surface area contributed by atoms with E-state index in [1.807, 2.05) is 0 Å². The van der Waals surface area contributed by atoms with Crippen LogP contribution in [0.4, 0.5) is 0 Å². The van der Waals surface area contributed by atoms with E-state index in [0.29, 0.717) is 0 Å². The van der Waals surface area contributed by atoms with Crippen LogP contribution in [0.2, 0.25) is 0 Å². The molecule has 0 N–H and O–H groups in total. The van der Waals surface area contributed by atoms with Crippen molar-refractivity contribution in [2.24, 2.45) is 7.05 Å². The molecule has 3 rings (SSSR count). The van der Waals surface area contributed by atoms with Crippen molar-refractivity contribution in [2.45, 2.75) is 53.9 Å². The van der Waals surface area contributed by atoms with E-state index in [2.05, 4.69) is 109 Å². The molecule has 1 aromatic heterocycles. The Bertz CT molecular complexity index is 1000. The van der Waals surface area contributed by atoms with Gasteiger partial charge in [0, 0.05) is 17.2 Å². The van der Waals surface area contributed by atoms with Crippen LogP contribution >= 0.6 is 0 Å². The van der Waals surface area contributed by atoms with Crippen LogP contribution in [-0.4, -0.2) is 0 Å². The molecular formula is C26H32N+. The highest BCUT2D eigenvalue weighted by atomic mass is 14.9.